The van der Waals surface area contributed by atoms with Gasteiger partial charge in [-0.2, -0.15) is 0 Å². The fraction of sp³-hybridized carbons (Fsp3) is 0.467. The maximum Gasteiger partial charge on any atom is 0.306 e. The van der Waals surface area contributed by atoms with Gasteiger partial charge in [0.25, 0.3) is 5.91 Å². The van der Waals surface area contributed by atoms with E-state index in [0.717, 1.165) is 24.6 Å². The van der Waals surface area contributed by atoms with E-state index in [2.05, 4.69) is 0 Å². The SMILES string of the molecule is O=C1CC[C@]2(CCCN(C(=O)c3cc(F)cc(F)c3)C2)O1. The molecule has 0 aliphatic carbocycles. The third-order valence-electron chi connectivity index (χ3n) is 4.05. The van der Waals surface area contributed by atoms with Gasteiger partial charge >= 0.3 is 5.97 Å². The zero-order valence-electron chi connectivity index (χ0n) is 11.4. The highest BCUT2D eigenvalue weighted by molar-refractivity contribution is 5.94. The molecule has 1 aromatic rings. The minimum absolute atomic E-state index is 0.0196. The summed E-state index contributed by atoms with van der Waals surface area (Å²) in [7, 11) is 0. The van der Waals surface area contributed by atoms with E-state index >= 15 is 0 Å². The summed E-state index contributed by atoms with van der Waals surface area (Å²) in [4.78, 5) is 25.2. The number of likely N-dealkylation sites (tertiary alicyclic amines) is 1. The van der Waals surface area contributed by atoms with Crippen molar-refractivity contribution in [2.75, 3.05) is 13.1 Å². The summed E-state index contributed by atoms with van der Waals surface area (Å²) >= 11 is 0. The molecule has 3 rings (SSSR count). The fourth-order valence-corrected chi connectivity index (χ4v) is 3.09. The highest BCUT2D eigenvalue weighted by Crippen LogP contribution is 2.35. The molecular formula is C15H15F2NO3. The van der Waals surface area contributed by atoms with Gasteiger partial charge in [0.2, 0.25) is 0 Å². The van der Waals surface area contributed by atoms with Crippen LogP contribution in [0.15, 0.2) is 18.2 Å². The molecule has 2 fully saturated rings. The average molecular weight is 295 g/mol. The van der Waals surface area contributed by atoms with Gasteiger partial charge in [0.05, 0.1) is 6.54 Å². The van der Waals surface area contributed by atoms with Crippen molar-refractivity contribution in [2.24, 2.45) is 0 Å². The Morgan fingerprint density at radius 1 is 1.19 bits per heavy atom. The van der Waals surface area contributed by atoms with Gasteiger partial charge in [-0.05, 0) is 31.4 Å². The van der Waals surface area contributed by atoms with E-state index in [-0.39, 0.29) is 18.1 Å². The second-order valence-electron chi connectivity index (χ2n) is 5.65. The molecule has 2 aliphatic rings. The Labute approximate surface area is 120 Å². The number of amides is 1. The summed E-state index contributed by atoms with van der Waals surface area (Å²) in [6, 6.07) is 2.77. The Bertz CT molecular complexity index is 584. The molecule has 6 heteroatoms. The van der Waals surface area contributed by atoms with Crippen LogP contribution in [0.1, 0.15) is 36.0 Å². The van der Waals surface area contributed by atoms with Crippen molar-refractivity contribution in [2.45, 2.75) is 31.3 Å². The first kappa shape index (κ1) is 14.0. The normalized spacial score (nSPS) is 25.2. The lowest BCUT2D eigenvalue weighted by molar-refractivity contribution is -0.151. The van der Waals surface area contributed by atoms with Crippen molar-refractivity contribution < 1.29 is 23.1 Å². The van der Waals surface area contributed by atoms with E-state index in [1.807, 2.05) is 0 Å². The van der Waals surface area contributed by atoms with E-state index in [4.69, 9.17) is 4.74 Å². The Hall–Kier alpha value is -1.98. The molecule has 0 saturated carbocycles. The number of esters is 1. The topological polar surface area (TPSA) is 46.6 Å². The zero-order chi connectivity index (χ0) is 15.0. The van der Waals surface area contributed by atoms with Crippen LogP contribution in [-0.2, 0) is 9.53 Å². The number of carbonyl (C=O) groups excluding carboxylic acids is 2. The summed E-state index contributed by atoms with van der Waals surface area (Å²) in [6.07, 6.45) is 2.38. The molecule has 0 aromatic heterocycles. The third kappa shape index (κ3) is 2.75. The van der Waals surface area contributed by atoms with Gasteiger partial charge in [-0.3, -0.25) is 9.59 Å². The Balaban J connectivity index is 1.79. The van der Waals surface area contributed by atoms with Crippen LogP contribution in [0.2, 0.25) is 0 Å². The highest BCUT2D eigenvalue weighted by atomic mass is 19.1. The lowest BCUT2D eigenvalue weighted by Crippen LogP contribution is -2.50. The van der Waals surface area contributed by atoms with Gasteiger partial charge < -0.3 is 9.64 Å². The lowest BCUT2D eigenvalue weighted by Gasteiger charge is -2.39. The largest absolute Gasteiger partial charge is 0.457 e. The van der Waals surface area contributed by atoms with Crippen LogP contribution in [-0.4, -0.2) is 35.5 Å². The van der Waals surface area contributed by atoms with Gasteiger partial charge in [0.1, 0.15) is 17.2 Å². The number of halogens is 2. The van der Waals surface area contributed by atoms with Crippen LogP contribution in [0.25, 0.3) is 0 Å². The van der Waals surface area contributed by atoms with Crippen LogP contribution in [0.5, 0.6) is 0 Å². The van der Waals surface area contributed by atoms with E-state index in [9.17, 15) is 18.4 Å². The quantitative estimate of drug-likeness (QED) is 0.747. The number of ether oxygens (including phenoxy) is 1. The molecule has 4 nitrogen and oxygen atoms in total. The predicted octanol–water partition coefficient (Wildman–Crippen LogP) is 2.28. The van der Waals surface area contributed by atoms with Crippen LogP contribution in [0.3, 0.4) is 0 Å². The lowest BCUT2D eigenvalue weighted by atomic mass is 9.89. The van der Waals surface area contributed by atoms with E-state index < -0.39 is 23.1 Å². The predicted molar refractivity (Wildman–Crippen MR) is 69.6 cm³/mol. The number of hydrogen-bond acceptors (Lipinski definition) is 3. The molecule has 0 radical (unpaired) electrons. The maximum absolute atomic E-state index is 13.2. The smallest absolute Gasteiger partial charge is 0.306 e. The van der Waals surface area contributed by atoms with Crippen LogP contribution >= 0.6 is 0 Å². The molecule has 2 heterocycles. The highest BCUT2D eigenvalue weighted by Gasteiger charge is 2.44. The zero-order valence-corrected chi connectivity index (χ0v) is 11.4. The number of carbonyl (C=O) groups is 2. The molecule has 2 aliphatic heterocycles. The van der Waals surface area contributed by atoms with E-state index in [1.54, 1.807) is 0 Å². The molecule has 0 N–H and O–H groups in total. The van der Waals surface area contributed by atoms with Crippen molar-refractivity contribution in [3.8, 4) is 0 Å². The monoisotopic (exact) mass is 295 g/mol. The van der Waals surface area contributed by atoms with Gasteiger partial charge in [0.15, 0.2) is 0 Å². The molecule has 21 heavy (non-hydrogen) atoms. The van der Waals surface area contributed by atoms with Crippen molar-refractivity contribution in [3.05, 3.63) is 35.4 Å². The van der Waals surface area contributed by atoms with E-state index in [1.165, 1.54) is 4.90 Å². The molecule has 0 bridgehead atoms. The summed E-state index contributed by atoms with van der Waals surface area (Å²) in [5.74, 6) is -2.24. The first-order chi connectivity index (χ1) is 9.97. The third-order valence-corrected chi connectivity index (χ3v) is 4.05. The summed E-state index contributed by atoms with van der Waals surface area (Å²) in [5.41, 5.74) is -0.634. The van der Waals surface area contributed by atoms with Gasteiger partial charge in [-0.1, -0.05) is 0 Å². The van der Waals surface area contributed by atoms with E-state index in [0.29, 0.717) is 25.8 Å². The van der Waals surface area contributed by atoms with Crippen molar-refractivity contribution >= 4 is 11.9 Å². The standard InChI is InChI=1S/C15H15F2NO3/c16-11-6-10(7-12(17)8-11)14(20)18-5-1-3-15(9-18)4-2-13(19)21-15/h6-8H,1-5,9H2/t15-/m0/s1. The van der Waals surface area contributed by atoms with Crippen molar-refractivity contribution in [1.29, 1.82) is 0 Å². The van der Waals surface area contributed by atoms with Gasteiger partial charge in [-0.15, -0.1) is 0 Å². The van der Waals surface area contributed by atoms with Crippen molar-refractivity contribution in [3.63, 3.8) is 0 Å². The number of nitrogens with zero attached hydrogens (tertiary/aromatic N) is 1. The van der Waals surface area contributed by atoms with Crippen LogP contribution in [0.4, 0.5) is 8.78 Å². The first-order valence-electron chi connectivity index (χ1n) is 6.95. The summed E-state index contributed by atoms with van der Waals surface area (Å²) in [6.45, 7) is 0.784. The van der Waals surface area contributed by atoms with Crippen LogP contribution in [0, 0.1) is 11.6 Å². The summed E-state index contributed by atoms with van der Waals surface area (Å²) < 4.78 is 31.8. The maximum atomic E-state index is 13.2. The molecule has 1 amide bonds. The Kier molecular flexibility index (Phi) is 3.39. The molecular weight excluding hydrogens is 280 g/mol. The Morgan fingerprint density at radius 2 is 1.90 bits per heavy atom. The van der Waals surface area contributed by atoms with Crippen molar-refractivity contribution in [1.82, 2.24) is 4.90 Å². The second kappa shape index (κ2) is 5.09. The second-order valence-corrected chi connectivity index (χ2v) is 5.65. The first-order valence-corrected chi connectivity index (χ1v) is 6.95. The molecule has 1 spiro atoms. The fourth-order valence-electron chi connectivity index (χ4n) is 3.09. The number of benzene rings is 1. The van der Waals surface area contributed by atoms with Gasteiger partial charge in [0, 0.05) is 24.6 Å². The van der Waals surface area contributed by atoms with Crippen LogP contribution < -0.4 is 0 Å². The number of hydrogen-bond donors (Lipinski definition) is 0. The molecule has 0 unspecified atom stereocenters. The molecule has 2 saturated heterocycles. The Morgan fingerprint density at radius 3 is 2.52 bits per heavy atom. The number of piperidine rings is 1. The van der Waals surface area contributed by atoms with Gasteiger partial charge in [-0.25, -0.2) is 8.78 Å². The minimum atomic E-state index is -0.780. The molecule has 1 aromatic carbocycles. The number of rotatable bonds is 1. The average Bonchev–Trinajstić information content (AvgIpc) is 2.77. The molecule has 1 atom stereocenters. The minimum Gasteiger partial charge on any atom is -0.457 e. The summed E-state index contributed by atoms with van der Waals surface area (Å²) in [5, 5.41) is 0. The molecule has 112 valence electrons.